The van der Waals surface area contributed by atoms with E-state index in [0.717, 1.165) is 0 Å². The monoisotopic (exact) mass is 312 g/mol. The number of carboxylic acid groups (broad SMARTS) is 1. The van der Waals surface area contributed by atoms with Crippen molar-refractivity contribution in [2.45, 2.75) is 12.1 Å². The molecule has 7 heteroatoms. The number of hydrogen-bond donors (Lipinski definition) is 2. The maximum atomic E-state index is 13.4. The molecule has 1 aliphatic rings. The Bertz CT molecular complexity index is 514. The third-order valence-corrected chi connectivity index (χ3v) is 3.79. The highest BCUT2D eigenvalue weighted by Gasteiger charge is 2.34. The fourth-order valence-electron chi connectivity index (χ4n) is 2.64. The van der Waals surface area contributed by atoms with E-state index in [1.165, 1.54) is 6.07 Å². The van der Waals surface area contributed by atoms with Crippen molar-refractivity contribution in [3.63, 3.8) is 0 Å². The van der Waals surface area contributed by atoms with Gasteiger partial charge in [0.05, 0.1) is 12.6 Å². The Morgan fingerprint density at radius 2 is 2.18 bits per heavy atom. The summed E-state index contributed by atoms with van der Waals surface area (Å²) in [6, 6.07) is 5.99. The van der Waals surface area contributed by atoms with Crippen molar-refractivity contribution in [3.8, 4) is 5.75 Å². The van der Waals surface area contributed by atoms with Gasteiger partial charge in [0.1, 0.15) is 6.61 Å². The summed E-state index contributed by atoms with van der Waals surface area (Å²) in [6.45, 7) is 1.76. The number of carboxylic acids is 1. The van der Waals surface area contributed by atoms with Crippen LogP contribution >= 0.6 is 0 Å². The lowest BCUT2D eigenvalue weighted by atomic mass is 10.2. The number of benzene rings is 1. The molecule has 2 atom stereocenters. The van der Waals surface area contributed by atoms with Crippen molar-refractivity contribution in [3.05, 3.63) is 30.1 Å². The molecule has 0 amide bonds. The Balaban J connectivity index is 1.78. The van der Waals surface area contributed by atoms with Crippen molar-refractivity contribution >= 4 is 5.97 Å². The van der Waals surface area contributed by atoms with Gasteiger partial charge >= 0.3 is 5.97 Å². The van der Waals surface area contributed by atoms with Crippen LogP contribution in [-0.4, -0.2) is 78.0 Å². The number of nitrogens with zero attached hydrogens (tertiary/aromatic N) is 2. The number of aliphatic carboxylic acids is 1. The zero-order chi connectivity index (χ0) is 16.1. The van der Waals surface area contributed by atoms with Gasteiger partial charge in [-0.25, -0.2) is 4.39 Å². The minimum Gasteiger partial charge on any atom is -0.489 e. The maximum Gasteiger partial charge on any atom is 0.317 e. The highest BCUT2D eigenvalue weighted by molar-refractivity contribution is 5.69. The van der Waals surface area contributed by atoms with Crippen LogP contribution in [0.4, 0.5) is 4.39 Å². The summed E-state index contributed by atoms with van der Waals surface area (Å²) in [6.07, 6.45) is -0.599. The van der Waals surface area contributed by atoms with E-state index in [1.54, 1.807) is 30.1 Å². The number of ether oxygens (including phenoxy) is 1. The lowest BCUT2D eigenvalue weighted by molar-refractivity contribution is -0.138. The second-order valence-electron chi connectivity index (χ2n) is 5.48. The van der Waals surface area contributed by atoms with Crippen LogP contribution in [0.2, 0.25) is 0 Å². The molecule has 1 unspecified atom stereocenters. The molecule has 0 saturated carbocycles. The summed E-state index contributed by atoms with van der Waals surface area (Å²) in [4.78, 5) is 14.3. The second-order valence-corrected chi connectivity index (χ2v) is 5.48. The van der Waals surface area contributed by atoms with Gasteiger partial charge in [-0.2, -0.15) is 0 Å². The molecule has 0 radical (unpaired) electrons. The number of halogens is 1. The molecule has 0 spiro atoms. The van der Waals surface area contributed by atoms with E-state index in [4.69, 9.17) is 9.84 Å². The van der Waals surface area contributed by atoms with Gasteiger partial charge in [0.2, 0.25) is 0 Å². The fourth-order valence-corrected chi connectivity index (χ4v) is 2.64. The highest BCUT2D eigenvalue weighted by Crippen LogP contribution is 2.17. The summed E-state index contributed by atoms with van der Waals surface area (Å²) < 4.78 is 18.8. The number of para-hydroxylation sites is 1. The summed E-state index contributed by atoms with van der Waals surface area (Å²) >= 11 is 0. The molecule has 2 N–H and O–H groups in total. The van der Waals surface area contributed by atoms with Crippen molar-refractivity contribution in [1.82, 2.24) is 9.80 Å². The van der Waals surface area contributed by atoms with Gasteiger partial charge in [0.25, 0.3) is 0 Å². The number of likely N-dealkylation sites (N-methyl/N-ethyl adjacent to an activating group) is 1. The summed E-state index contributed by atoms with van der Waals surface area (Å²) in [5, 5.41) is 18.8. The van der Waals surface area contributed by atoms with E-state index < -0.39 is 17.9 Å². The fraction of sp³-hybridized carbons (Fsp3) is 0.533. The Morgan fingerprint density at radius 1 is 1.45 bits per heavy atom. The number of carbonyl (C=O) groups is 1. The number of likely N-dealkylation sites (tertiary alicyclic amines) is 1. The van der Waals surface area contributed by atoms with Gasteiger partial charge in [-0.1, -0.05) is 12.1 Å². The number of rotatable bonds is 7. The third-order valence-electron chi connectivity index (χ3n) is 3.79. The molecular formula is C15H21FN2O4. The maximum absolute atomic E-state index is 13.4. The van der Waals surface area contributed by atoms with Crippen molar-refractivity contribution in [2.24, 2.45) is 0 Å². The van der Waals surface area contributed by atoms with Gasteiger partial charge < -0.3 is 14.9 Å². The van der Waals surface area contributed by atoms with Crippen LogP contribution in [0, 0.1) is 5.82 Å². The summed E-state index contributed by atoms with van der Waals surface area (Å²) in [5.74, 6) is -1.11. The van der Waals surface area contributed by atoms with Crippen LogP contribution in [0.1, 0.15) is 0 Å². The topological polar surface area (TPSA) is 73.2 Å². The molecule has 1 aromatic carbocycles. The summed E-state index contributed by atoms with van der Waals surface area (Å²) in [7, 11) is 1.68. The first kappa shape index (κ1) is 16.7. The molecule has 1 fully saturated rings. The highest BCUT2D eigenvalue weighted by atomic mass is 19.1. The lowest BCUT2D eigenvalue weighted by Crippen LogP contribution is -2.43. The second kappa shape index (κ2) is 7.53. The Kier molecular flexibility index (Phi) is 5.70. The van der Waals surface area contributed by atoms with Gasteiger partial charge in [-0.05, 0) is 19.2 Å². The average molecular weight is 312 g/mol. The van der Waals surface area contributed by atoms with E-state index in [2.05, 4.69) is 0 Å². The average Bonchev–Trinajstić information content (AvgIpc) is 2.81. The van der Waals surface area contributed by atoms with E-state index in [-0.39, 0.29) is 18.3 Å². The molecular weight excluding hydrogens is 291 g/mol. The van der Waals surface area contributed by atoms with Crippen LogP contribution in [-0.2, 0) is 4.79 Å². The lowest BCUT2D eigenvalue weighted by Gasteiger charge is -2.24. The third kappa shape index (κ3) is 4.40. The largest absolute Gasteiger partial charge is 0.489 e. The van der Waals surface area contributed by atoms with Crippen LogP contribution in [0.15, 0.2) is 24.3 Å². The van der Waals surface area contributed by atoms with E-state index in [0.29, 0.717) is 26.2 Å². The van der Waals surface area contributed by atoms with Gasteiger partial charge in [0, 0.05) is 25.7 Å². The van der Waals surface area contributed by atoms with Gasteiger partial charge in [-0.3, -0.25) is 14.6 Å². The minimum absolute atomic E-state index is 0.110. The van der Waals surface area contributed by atoms with E-state index in [1.807, 2.05) is 4.90 Å². The quantitative estimate of drug-likeness (QED) is 0.753. The molecule has 0 aliphatic carbocycles. The Morgan fingerprint density at radius 3 is 2.86 bits per heavy atom. The first-order valence-electron chi connectivity index (χ1n) is 7.17. The molecule has 6 nitrogen and oxygen atoms in total. The van der Waals surface area contributed by atoms with Crippen LogP contribution in [0.3, 0.4) is 0 Å². The molecule has 1 aromatic rings. The van der Waals surface area contributed by atoms with Crippen molar-refractivity contribution in [1.29, 1.82) is 0 Å². The number of aliphatic hydroxyl groups excluding tert-OH is 1. The molecule has 0 bridgehead atoms. The number of β-amino-alcohol motifs (C(OH)–C–C–N with tert-alkyl or cyclic N) is 1. The van der Waals surface area contributed by atoms with Crippen molar-refractivity contribution < 1.29 is 24.1 Å². The zero-order valence-electron chi connectivity index (χ0n) is 12.5. The molecule has 22 heavy (non-hydrogen) atoms. The first-order chi connectivity index (χ1) is 10.5. The Hall–Kier alpha value is -1.70. The van der Waals surface area contributed by atoms with Crippen LogP contribution in [0.25, 0.3) is 0 Å². The van der Waals surface area contributed by atoms with Crippen LogP contribution in [0.5, 0.6) is 5.75 Å². The summed E-state index contributed by atoms with van der Waals surface area (Å²) in [5.41, 5.74) is 0. The zero-order valence-corrected chi connectivity index (χ0v) is 12.5. The molecule has 1 aliphatic heterocycles. The van der Waals surface area contributed by atoms with Crippen LogP contribution < -0.4 is 4.74 Å². The minimum atomic E-state index is -0.920. The van der Waals surface area contributed by atoms with Gasteiger partial charge in [0.15, 0.2) is 11.6 Å². The number of hydrogen-bond acceptors (Lipinski definition) is 5. The predicted molar refractivity (Wildman–Crippen MR) is 78.4 cm³/mol. The SMILES string of the molecule is CN(CC(=O)O)C1CN(CCOc2ccccc2F)C[C@H]1O. The smallest absolute Gasteiger partial charge is 0.317 e. The van der Waals surface area contributed by atoms with E-state index in [9.17, 15) is 14.3 Å². The predicted octanol–water partition coefficient (Wildman–Crippen LogP) is 0.266. The van der Waals surface area contributed by atoms with Gasteiger partial charge in [-0.15, -0.1) is 0 Å². The molecule has 0 aromatic heterocycles. The molecule has 122 valence electrons. The van der Waals surface area contributed by atoms with E-state index >= 15 is 0 Å². The molecule has 1 saturated heterocycles. The first-order valence-corrected chi connectivity index (χ1v) is 7.17. The molecule has 1 heterocycles. The molecule has 2 rings (SSSR count). The standard InChI is InChI=1S/C15H21FN2O4/c1-17(10-15(20)21)12-8-18(9-13(12)19)6-7-22-14-5-3-2-4-11(14)16/h2-5,12-13,19H,6-10H2,1H3,(H,20,21)/t12?,13-/m1/s1. The normalized spacial score (nSPS) is 22.2. The Labute approximate surface area is 128 Å². The number of aliphatic hydroxyl groups is 1. The van der Waals surface area contributed by atoms with Crippen molar-refractivity contribution in [2.75, 3.05) is 39.8 Å².